The highest BCUT2D eigenvalue weighted by molar-refractivity contribution is 6.63. The summed E-state index contributed by atoms with van der Waals surface area (Å²) in [6, 6.07) is 12.6. The molecule has 7 heteroatoms. The van der Waals surface area contributed by atoms with Crippen LogP contribution in [0.3, 0.4) is 0 Å². The summed E-state index contributed by atoms with van der Waals surface area (Å²) >= 11 is 0. The molecule has 6 nitrogen and oxygen atoms in total. The molecule has 1 fully saturated rings. The van der Waals surface area contributed by atoms with Crippen molar-refractivity contribution in [3.63, 3.8) is 0 Å². The van der Waals surface area contributed by atoms with Crippen LogP contribution in [0.15, 0.2) is 42.5 Å². The van der Waals surface area contributed by atoms with E-state index in [1.807, 2.05) is 52.0 Å². The van der Waals surface area contributed by atoms with Crippen LogP contribution in [-0.4, -0.2) is 31.0 Å². The summed E-state index contributed by atoms with van der Waals surface area (Å²) in [5.41, 5.74) is 0.963. The molecule has 0 bridgehead atoms. The normalized spacial score (nSPS) is 19.2. The minimum absolute atomic E-state index is 0.0834. The first-order chi connectivity index (χ1) is 12.8. The number of nitrogens with one attached hydrogen (secondary N) is 1. The van der Waals surface area contributed by atoms with E-state index in [2.05, 4.69) is 5.32 Å². The van der Waals surface area contributed by atoms with Crippen molar-refractivity contribution >= 4 is 24.2 Å². The number of carbonyl (C=O) groups is 1. The van der Waals surface area contributed by atoms with Crippen LogP contribution in [0, 0.1) is 0 Å². The van der Waals surface area contributed by atoms with Crippen molar-refractivity contribution in [1.29, 1.82) is 0 Å². The van der Waals surface area contributed by atoms with Gasteiger partial charge in [0.2, 0.25) is 6.79 Å². The van der Waals surface area contributed by atoms with E-state index in [0.29, 0.717) is 22.7 Å². The Hall–Kier alpha value is -2.51. The smallest absolute Gasteiger partial charge is 0.454 e. The first-order valence-electron chi connectivity index (χ1n) is 8.93. The molecule has 0 radical (unpaired) electrons. The van der Waals surface area contributed by atoms with Crippen LogP contribution in [0.5, 0.6) is 11.5 Å². The number of ether oxygens (including phenoxy) is 2. The van der Waals surface area contributed by atoms with Gasteiger partial charge in [0.1, 0.15) is 0 Å². The van der Waals surface area contributed by atoms with Crippen molar-refractivity contribution in [3.8, 4) is 11.5 Å². The Morgan fingerprint density at radius 1 is 0.926 bits per heavy atom. The molecule has 27 heavy (non-hydrogen) atoms. The number of hydrogen-bond acceptors (Lipinski definition) is 5. The van der Waals surface area contributed by atoms with E-state index in [-0.39, 0.29) is 12.7 Å². The van der Waals surface area contributed by atoms with Crippen LogP contribution in [0.1, 0.15) is 38.1 Å². The fourth-order valence-corrected chi connectivity index (χ4v) is 3.06. The zero-order chi connectivity index (χ0) is 19.2. The average molecular weight is 367 g/mol. The summed E-state index contributed by atoms with van der Waals surface area (Å²) in [6.07, 6.45) is 0. The van der Waals surface area contributed by atoms with Gasteiger partial charge < -0.3 is 24.1 Å². The molecule has 1 N–H and O–H groups in total. The van der Waals surface area contributed by atoms with Crippen LogP contribution >= 0.6 is 0 Å². The lowest BCUT2D eigenvalue weighted by Gasteiger charge is -2.32. The molecule has 1 amide bonds. The topological polar surface area (TPSA) is 66.0 Å². The third-order valence-electron chi connectivity index (χ3n) is 5.34. The second-order valence-electron chi connectivity index (χ2n) is 7.68. The molecule has 0 aromatic heterocycles. The van der Waals surface area contributed by atoms with Crippen molar-refractivity contribution in [1.82, 2.24) is 0 Å². The van der Waals surface area contributed by atoms with Gasteiger partial charge >= 0.3 is 7.12 Å². The highest BCUT2D eigenvalue weighted by Crippen LogP contribution is 2.42. The van der Waals surface area contributed by atoms with E-state index in [1.54, 1.807) is 18.2 Å². The Bertz CT molecular complexity index is 865. The molecule has 0 saturated carbocycles. The number of benzene rings is 2. The second-order valence-corrected chi connectivity index (χ2v) is 7.68. The molecule has 0 spiro atoms. The summed E-state index contributed by atoms with van der Waals surface area (Å²) in [6.45, 7) is 8.08. The molecule has 0 atom stereocenters. The summed E-state index contributed by atoms with van der Waals surface area (Å²) in [7, 11) is -0.565. The van der Waals surface area contributed by atoms with Gasteiger partial charge in [0.25, 0.3) is 5.91 Å². The zero-order valence-corrected chi connectivity index (χ0v) is 15.9. The van der Waals surface area contributed by atoms with E-state index in [0.717, 1.165) is 5.46 Å². The fourth-order valence-electron chi connectivity index (χ4n) is 3.06. The summed E-state index contributed by atoms with van der Waals surface area (Å²) in [4.78, 5) is 12.5. The van der Waals surface area contributed by atoms with Crippen molar-refractivity contribution in [2.75, 3.05) is 12.1 Å². The standard InChI is InChI=1S/C20H22BNO5/c1-19(2)20(3,4)27-21(26-19)14-10-11-15(17-16(14)24-12-25-17)22-18(23)13-8-6-5-7-9-13/h5-11H,12H2,1-4H3,(H,22,23). The van der Waals surface area contributed by atoms with Crippen molar-refractivity contribution in [2.45, 2.75) is 38.9 Å². The van der Waals surface area contributed by atoms with E-state index < -0.39 is 18.3 Å². The number of fused-ring (bicyclic) bond motifs is 1. The quantitative estimate of drug-likeness (QED) is 0.845. The minimum Gasteiger partial charge on any atom is -0.454 e. The second kappa shape index (κ2) is 6.28. The molecule has 2 heterocycles. The van der Waals surface area contributed by atoms with Crippen molar-refractivity contribution < 1.29 is 23.6 Å². The van der Waals surface area contributed by atoms with E-state index >= 15 is 0 Å². The highest BCUT2D eigenvalue weighted by Gasteiger charge is 2.53. The van der Waals surface area contributed by atoms with E-state index in [1.165, 1.54) is 0 Å². The summed E-state index contributed by atoms with van der Waals surface area (Å²) in [5.74, 6) is 0.822. The molecular formula is C20H22BNO5. The van der Waals surface area contributed by atoms with Gasteiger partial charge in [-0.05, 0) is 45.9 Å². The Balaban J connectivity index is 1.63. The summed E-state index contributed by atoms with van der Waals surface area (Å²) in [5, 5.41) is 2.88. The molecule has 4 rings (SSSR count). The van der Waals surface area contributed by atoms with Gasteiger partial charge in [0.15, 0.2) is 11.5 Å². The minimum atomic E-state index is -0.565. The Kier molecular flexibility index (Phi) is 4.16. The SMILES string of the molecule is CC1(C)OB(c2ccc(NC(=O)c3ccccc3)c3c2OCO3)OC1(C)C. The maximum atomic E-state index is 12.5. The Labute approximate surface area is 158 Å². The monoisotopic (exact) mass is 367 g/mol. The van der Waals surface area contributed by atoms with Gasteiger partial charge in [-0.3, -0.25) is 4.79 Å². The third kappa shape index (κ3) is 3.07. The van der Waals surface area contributed by atoms with Gasteiger partial charge in [0, 0.05) is 11.0 Å². The molecular weight excluding hydrogens is 345 g/mol. The van der Waals surface area contributed by atoms with Crippen molar-refractivity contribution in [2.24, 2.45) is 0 Å². The molecule has 0 unspecified atom stereocenters. The zero-order valence-electron chi connectivity index (χ0n) is 15.9. The van der Waals surface area contributed by atoms with Crippen LogP contribution in [0.4, 0.5) is 5.69 Å². The fraction of sp³-hybridized carbons (Fsp3) is 0.350. The van der Waals surface area contributed by atoms with Gasteiger partial charge in [-0.15, -0.1) is 0 Å². The molecule has 2 aliphatic heterocycles. The number of hydrogen-bond donors (Lipinski definition) is 1. The van der Waals surface area contributed by atoms with Gasteiger partial charge in [-0.2, -0.15) is 0 Å². The van der Waals surface area contributed by atoms with Crippen LogP contribution < -0.4 is 20.3 Å². The molecule has 2 aromatic rings. The van der Waals surface area contributed by atoms with E-state index in [4.69, 9.17) is 18.8 Å². The number of anilines is 1. The molecule has 1 saturated heterocycles. The van der Waals surface area contributed by atoms with Gasteiger partial charge in [-0.1, -0.05) is 24.3 Å². The maximum Gasteiger partial charge on any atom is 0.498 e. The third-order valence-corrected chi connectivity index (χ3v) is 5.34. The molecule has 2 aliphatic rings. The van der Waals surface area contributed by atoms with Crippen LogP contribution in [0.25, 0.3) is 0 Å². The Morgan fingerprint density at radius 3 is 2.22 bits per heavy atom. The van der Waals surface area contributed by atoms with E-state index in [9.17, 15) is 4.79 Å². The average Bonchev–Trinajstić information content (AvgIpc) is 3.19. The maximum absolute atomic E-state index is 12.5. The molecule has 2 aromatic carbocycles. The predicted molar refractivity (Wildman–Crippen MR) is 103 cm³/mol. The first-order valence-corrected chi connectivity index (χ1v) is 8.93. The lowest BCUT2D eigenvalue weighted by Crippen LogP contribution is -2.41. The highest BCUT2D eigenvalue weighted by atomic mass is 16.7. The number of carbonyl (C=O) groups excluding carboxylic acids is 1. The molecule has 0 aliphatic carbocycles. The predicted octanol–water partition coefficient (Wildman–Crippen LogP) is 2.97. The number of amides is 1. The first kappa shape index (κ1) is 17.9. The van der Waals surface area contributed by atoms with Crippen LogP contribution in [-0.2, 0) is 9.31 Å². The lowest BCUT2D eigenvalue weighted by molar-refractivity contribution is 0.00578. The number of rotatable bonds is 3. The molecule has 140 valence electrons. The van der Waals surface area contributed by atoms with Crippen LogP contribution in [0.2, 0.25) is 0 Å². The van der Waals surface area contributed by atoms with Gasteiger partial charge in [-0.25, -0.2) is 0 Å². The lowest BCUT2D eigenvalue weighted by atomic mass is 9.78. The van der Waals surface area contributed by atoms with Gasteiger partial charge in [0.05, 0.1) is 16.9 Å². The summed E-state index contributed by atoms with van der Waals surface area (Å²) < 4.78 is 23.5. The largest absolute Gasteiger partial charge is 0.498 e. The van der Waals surface area contributed by atoms with Crippen molar-refractivity contribution in [3.05, 3.63) is 48.0 Å². The Morgan fingerprint density at radius 2 is 1.56 bits per heavy atom.